The lowest BCUT2D eigenvalue weighted by Crippen LogP contribution is -2.10. The van der Waals surface area contributed by atoms with Gasteiger partial charge >= 0.3 is 0 Å². The summed E-state index contributed by atoms with van der Waals surface area (Å²) in [6.07, 6.45) is 1.82. The first-order chi connectivity index (χ1) is 7.06. The van der Waals surface area contributed by atoms with Gasteiger partial charge in [0.15, 0.2) is 0 Å². The third-order valence-electron chi connectivity index (χ3n) is 2.56. The Kier molecular flexibility index (Phi) is 5.57. The van der Waals surface area contributed by atoms with Crippen molar-refractivity contribution in [2.45, 2.75) is 32.8 Å². The first kappa shape index (κ1) is 13.5. The molecule has 0 amide bonds. The van der Waals surface area contributed by atoms with Crippen LogP contribution in [-0.4, -0.2) is 5.11 Å². The SMILES string of the molecule is CCCC(C)C(O)c1cc(Br)ccc1I. The molecule has 0 saturated carbocycles. The molecule has 0 bridgehead atoms. The van der Waals surface area contributed by atoms with Gasteiger partial charge in [-0.05, 0) is 58.7 Å². The van der Waals surface area contributed by atoms with E-state index in [1.807, 2.05) is 18.2 Å². The molecule has 0 heterocycles. The van der Waals surface area contributed by atoms with Crippen molar-refractivity contribution < 1.29 is 5.11 Å². The van der Waals surface area contributed by atoms with E-state index in [2.05, 4.69) is 52.4 Å². The highest BCUT2D eigenvalue weighted by Crippen LogP contribution is 2.30. The molecule has 0 aliphatic carbocycles. The molecule has 0 aromatic heterocycles. The van der Waals surface area contributed by atoms with E-state index >= 15 is 0 Å². The summed E-state index contributed by atoms with van der Waals surface area (Å²) in [5, 5.41) is 10.2. The third-order valence-corrected chi connectivity index (χ3v) is 4.04. The van der Waals surface area contributed by atoms with Crippen molar-refractivity contribution in [3.8, 4) is 0 Å². The molecule has 1 nitrogen and oxygen atoms in total. The van der Waals surface area contributed by atoms with Gasteiger partial charge in [-0.15, -0.1) is 0 Å². The Hall–Kier alpha value is 0.390. The fourth-order valence-electron chi connectivity index (χ4n) is 1.66. The number of hydrogen-bond acceptors (Lipinski definition) is 1. The maximum atomic E-state index is 10.2. The van der Waals surface area contributed by atoms with E-state index in [9.17, 15) is 5.11 Å². The monoisotopic (exact) mass is 382 g/mol. The minimum Gasteiger partial charge on any atom is -0.388 e. The Morgan fingerprint density at radius 3 is 2.73 bits per heavy atom. The smallest absolute Gasteiger partial charge is 0.0826 e. The molecule has 1 aromatic carbocycles. The maximum Gasteiger partial charge on any atom is 0.0826 e. The van der Waals surface area contributed by atoms with Crippen molar-refractivity contribution in [1.82, 2.24) is 0 Å². The van der Waals surface area contributed by atoms with Gasteiger partial charge in [0.2, 0.25) is 0 Å². The van der Waals surface area contributed by atoms with E-state index < -0.39 is 0 Å². The average Bonchev–Trinajstić information content (AvgIpc) is 2.21. The van der Waals surface area contributed by atoms with Crippen LogP contribution in [-0.2, 0) is 0 Å². The largest absolute Gasteiger partial charge is 0.388 e. The van der Waals surface area contributed by atoms with Crippen LogP contribution in [0.2, 0.25) is 0 Å². The van der Waals surface area contributed by atoms with Gasteiger partial charge in [0.25, 0.3) is 0 Å². The zero-order chi connectivity index (χ0) is 11.4. The van der Waals surface area contributed by atoms with Gasteiger partial charge in [-0.25, -0.2) is 0 Å². The molecule has 0 radical (unpaired) electrons. The predicted octanol–water partition coefficient (Wildman–Crippen LogP) is 4.52. The minimum absolute atomic E-state index is 0.317. The van der Waals surface area contributed by atoms with Crippen molar-refractivity contribution in [1.29, 1.82) is 0 Å². The zero-order valence-corrected chi connectivity index (χ0v) is 12.7. The van der Waals surface area contributed by atoms with Gasteiger partial charge in [0.1, 0.15) is 0 Å². The van der Waals surface area contributed by atoms with Crippen molar-refractivity contribution >= 4 is 38.5 Å². The van der Waals surface area contributed by atoms with E-state index in [0.717, 1.165) is 26.4 Å². The molecule has 3 heteroatoms. The van der Waals surface area contributed by atoms with Gasteiger partial charge in [0.05, 0.1) is 6.10 Å². The average molecular weight is 383 g/mol. The Labute approximate surface area is 114 Å². The van der Waals surface area contributed by atoms with E-state index in [4.69, 9.17) is 0 Å². The summed E-state index contributed by atoms with van der Waals surface area (Å²) in [6, 6.07) is 6.04. The predicted molar refractivity (Wildman–Crippen MR) is 75.9 cm³/mol. The van der Waals surface area contributed by atoms with Crippen LogP contribution in [0.3, 0.4) is 0 Å². The normalized spacial score (nSPS) is 15.0. The van der Waals surface area contributed by atoms with E-state index in [1.165, 1.54) is 0 Å². The van der Waals surface area contributed by atoms with E-state index in [0.29, 0.717) is 5.92 Å². The summed E-state index contributed by atoms with van der Waals surface area (Å²) in [6.45, 7) is 4.25. The molecule has 0 fully saturated rings. The van der Waals surface area contributed by atoms with Crippen LogP contribution in [0.15, 0.2) is 22.7 Å². The Balaban J connectivity index is 2.89. The van der Waals surface area contributed by atoms with E-state index in [1.54, 1.807) is 0 Å². The molecule has 15 heavy (non-hydrogen) atoms. The summed E-state index contributed by atoms with van der Waals surface area (Å²) in [5.41, 5.74) is 1.03. The van der Waals surface area contributed by atoms with Gasteiger partial charge < -0.3 is 5.11 Å². The molecule has 0 aliphatic heterocycles. The second-order valence-corrected chi connectivity index (χ2v) is 5.95. The number of benzene rings is 1. The highest BCUT2D eigenvalue weighted by Gasteiger charge is 2.18. The molecule has 0 aliphatic rings. The summed E-state index contributed by atoms with van der Waals surface area (Å²) >= 11 is 5.71. The molecule has 1 aromatic rings. The van der Waals surface area contributed by atoms with Crippen LogP contribution in [0.5, 0.6) is 0 Å². The molecule has 1 rings (SSSR count). The summed E-state index contributed by atoms with van der Waals surface area (Å²) in [4.78, 5) is 0. The second-order valence-electron chi connectivity index (χ2n) is 3.88. The van der Waals surface area contributed by atoms with Gasteiger partial charge in [-0.3, -0.25) is 0 Å². The molecular weight excluding hydrogens is 367 g/mol. The lowest BCUT2D eigenvalue weighted by atomic mass is 9.94. The lowest BCUT2D eigenvalue weighted by Gasteiger charge is -2.20. The number of aliphatic hydroxyl groups is 1. The molecule has 0 spiro atoms. The summed E-state index contributed by atoms with van der Waals surface area (Å²) < 4.78 is 2.16. The molecular formula is C12H16BrIO. The summed E-state index contributed by atoms with van der Waals surface area (Å²) in [5.74, 6) is 0.317. The minimum atomic E-state index is -0.352. The van der Waals surface area contributed by atoms with Crippen LogP contribution in [0.4, 0.5) is 0 Å². The van der Waals surface area contributed by atoms with Gasteiger partial charge in [0, 0.05) is 8.04 Å². The first-order valence-corrected chi connectivity index (χ1v) is 7.06. The van der Waals surface area contributed by atoms with Crippen LogP contribution in [0.25, 0.3) is 0 Å². The van der Waals surface area contributed by atoms with Gasteiger partial charge in [-0.1, -0.05) is 36.2 Å². The summed E-state index contributed by atoms with van der Waals surface area (Å²) in [7, 11) is 0. The number of aliphatic hydroxyl groups excluding tert-OH is 1. The highest BCUT2D eigenvalue weighted by molar-refractivity contribution is 14.1. The Morgan fingerprint density at radius 2 is 2.13 bits per heavy atom. The van der Waals surface area contributed by atoms with Crippen LogP contribution < -0.4 is 0 Å². The maximum absolute atomic E-state index is 10.2. The van der Waals surface area contributed by atoms with Crippen LogP contribution >= 0.6 is 38.5 Å². The standard InChI is InChI=1S/C12H16BrIO/c1-3-4-8(2)12(15)10-7-9(13)5-6-11(10)14/h5-8,12,15H,3-4H2,1-2H3. The molecule has 0 saturated heterocycles. The topological polar surface area (TPSA) is 20.2 Å². The van der Waals surface area contributed by atoms with E-state index in [-0.39, 0.29) is 6.10 Å². The van der Waals surface area contributed by atoms with Crippen molar-refractivity contribution in [2.75, 3.05) is 0 Å². The lowest BCUT2D eigenvalue weighted by molar-refractivity contribution is 0.111. The fraction of sp³-hybridized carbons (Fsp3) is 0.500. The molecule has 1 N–H and O–H groups in total. The second kappa shape index (κ2) is 6.21. The zero-order valence-electron chi connectivity index (χ0n) is 9.00. The number of rotatable bonds is 4. The molecule has 2 atom stereocenters. The van der Waals surface area contributed by atoms with Crippen molar-refractivity contribution in [3.63, 3.8) is 0 Å². The quantitative estimate of drug-likeness (QED) is 0.759. The van der Waals surface area contributed by atoms with Crippen LogP contribution in [0, 0.1) is 9.49 Å². The van der Waals surface area contributed by atoms with Crippen molar-refractivity contribution in [2.24, 2.45) is 5.92 Å². The third kappa shape index (κ3) is 3.71. The molecule has 84 valence electrons. The highest BCUT2D eigenvalue weighted by atomic mass is 127. The molecule has 2 unspecified atom stereocenters. The van der Waals surface area contributed by atoms with Crippen molar-refractivity contribution in [3.05, 3.63) is 31.8 Å². The Bertz CT molecular complexity index is 327. The number of halogens is 2. The van der Waals surface area contributed by atoms with Gasteiger partial charge in [-0.2, -0.15) is 0 Å². The fourth-order valence-corrected chi connectivity index (χ4v) is 2.69. The van der Waals surface area contributed by atoms with Crippen LogP contribution in [0.1, 0.15) is 38.4 Å². The first-order valence-electron chi connectivity index (χ1n) is 5.19. The number of hydrogen-bond donors (Lipinski definition) is 1. The Morgan fingerprint density at radius 1 is 1.47 bits per heavy atom.